The third-order valence-electron chi connectivity index (χ3n) is 2.41. The van der Waals surface area contributed by atoms with Gasteiger partial charge < -0.3 is 10.5 Å². The maximum absolute atomic E-state index is 12.6. The fourth-order valence-electron chi connectivity index (χ4n) is 1.48. The van der Waals surface area contributed by atoms with Gasteiger partial charge in [-0.25, -0.2) is 0 Å². The molecule has 0 spiro atoms. The molecule has 0 saturated carbocycles. The van der Waals surface area contributed by atoms with Crippen LogP contribution < -0.4 is 5.73 Å². The Labute approximate surface area is 111 Å². The van der Waals surface area contributed by atoms with E-state index in [-0.39, 0.29) is 24.8 Å². The molecule has 0 aromatic heterocycles. The Balaban J connectivity index is 2.99. The van der Waals surface area contributed by atoms with E-state index in [9.17, 15) is 26.3 Å². The van der Waals surface area contributed by atoms with Gasteiger partial charge in [-0.3, -0.25) is 0 Å². The van der Waals surface area contributed by atoms with Crippen molar-refractivity contribution < 1.29 is 31.1 Å². The average molecular weight is 301 g/mol. The second-order valence-electron chi connectivity index (χ2n) is 4.11. The summed E-state index contributed by atoms with van der Waals surface area (Å²) < 4.78 is 80.3. The molecule has 0 aliphatic rings. The van der Waals surface area contributed by atoms with Crippen LogP contribution in [0.2, 0.25) is 0 Å². The fraction of sp³-hybridized carbons (Fsp3) is 0.500. The van der Waals surface area contributed by atoms with Crippen molar-refractivity contribution in [1.29, 1.82) is 0 Å². The van der Waals surface area contributed by atoms with Crippen molar-refractivity contribution >= 4 is 0 Å². The SMILES string of the molecule is NCCCOCc1cc(C(F)(F)F)cc(C(F)(F)F)c1. The summed E-state index contributed by atoms with van der Waals surface area (Å²) in [4.78, 5) is 0. The highest BCUT2D eigenvalue weighted by molar-refractivity contribution is 5.33. The molecule has 0 saturated heterocycles. The van der Waals surface area contributed by atoms with Crippen molar-refractivity contribution in [2.24, 2.45) is 5.73 Å². The van der Waals surface area contributed by atoms with E-state index in [2.05, 4.69) is 0 Å². The van der Waals surface area contributed by atoms with E-state index in [4.69, 9.17) is 10.5 Å². The van der Waals surface area contributed by atoms with Gasteiger partial charge in [0.2, 0.25) is 0 Å². The van der Waals surface area contributed by atoms with E-state index < -0.39 is 23.5 Å². The van der Waals surface area contributed by atoms with Crippen LogP contribution in [0.25, 0.3) is 0 Å². The molecule has 2 nitrogen and oxygen atoms in total. The molecule has 0 heterocycles. The lowest BCUT2D eigenvalue weighted by Gasteiger charge is -2.14. The van der Waals surface area contributed by atoms with Gasteiger partial charge in [0.15, 0.2) is 0 Å². The van der Waals surface area contributed by atoms with Crippen LogP contribution in [0.4, 0.5) is 26.3 Å². The van der Waals surface area contributed by atoms with Crippen LogP contribution in [0, 0.1) is 0 Å². The van der Waals surface area contributed by atoms with Crippen molar-refractivity contribution in [1.82, 2.24) is 0 Å². The summed E-state index contributed by atoms with van der Waals surface area (Å²) in [5.74, 6) is 0. The number of alkyl halides is 6. The van der Waals surface area contributed by atoms with Gasteiger partial charge in [-0.2, -0.15) is 26.3 Å². The van der Waals surface area contributed by atoms with E-state index in [1.807, 2.05) is 0 Å². The lowest BCUT2D eigenvalue weighted by Crippen LogP contribution is -2.12. The molecule has 20 heavy (non-hydrogen) atoms. The first kappa shape index (κ1) is 16.8. The summed E-state index contributed by atoms with van der Waals surface area (Å²) >= 11 is 0. The van der Waals surface area contributed by atoms with Gasteiger partial charge in [0.1, 0.15) is 0 Å². The van der Waals surface area contributed by atoms with E-state index in [1.54, 1.807) is 0 Å². The number of hydrogen-bond acceptors (Lipinski definition) is 2. The molecule has 8 heteroatoms. The topological polar surface area (TPSA) is 35.2 Å². The van der Waals surface area contributed by atoms with Gasteiger partial charge in [-0.15, -0.1) is 0 Å². The Kier molecular flexibility index (Phi) is 5.41. The maximum atomic E-state index is 12.6. The second-order valence-corrected chi connectivity index (χ2v) is 4.11. The molecule has 114 valence electrons. The summed E-state index contributed by atoms with van der Waals surface area (Å²) in [6, 6.07) is 1.39. The molecule has 0 bridgehead atoms. The van der Waals surface area contributed by atoms with Crippen LogP contribution in [0.3, 0.4) is 0 Å². The molecule has 0 fully saturated rings. The van der Waals surface area contributed by atoms with Crippen LogP contribution in [-0.2, 0) is 23.7 Å². The molecule has 0 radical (unpaired) electrons. The minimum absolute atomic E-state index is 0.0867. The van der Waals surface area contributed by atoms with Gasteiger partial charge in [-0.05, 0) is 36.7 Å². The molecule has 0 atom stereocenters. The van der Waals surface area contributed by atoms with Crippen molar-refractivity contribution in [3.8, 4) is 0 Å². The third kappa shape index (κ3) is 5.01. The number of ether oxygens (including phenoxy) is 1. The number of halogens is 6. The Bertz CT molecular complexity index is 408. The largest absolute Gasteiger partial charge is 0.416 e. The Morgan fingerprint density at radius 2 is 1.40 bits per heavy atom. The first-order valence-electron chi connectivity index (χ1n) is 5.71. The number of rotatable bonds is 5. The third-order valence-corrected chi connectivity index (χ3v) is 2.41. The highest BCUT2D eigenvalue weighted by atomic mass is 19.4. The molecule has 1 aromatic rings. The quantitative estimate of drug-likeness (QED) is 0.666. The van der Waals surface area contributed by atoms with Crippen molar-refractivity contribution in [3.63, 3.8) is 0 Å². The van der Waals surface area contributed by atoms with Crippen LogP contribution in [0.15, 0.2) is 18.2 Å². The van der Waals surface area contributed by atoms with Gasteiger partial charge in [0.25, 0.3) is 0 Å². The molecule has 2 N–H and O–H groups in total. The van der Waals surface area contributed by atoms with Gasteiger partial charge in [0, 0.05) is 6.61 Å². The minimum Gasteiger partial charge on any atom is -0.377 e. The summed E-state index contributed by atoms with van der Waals surface area (Å²) in [5, 5.41) is 0. The highest BCUT2D eigenvalue weighted by Crippen LogP contribution is 2.36. The maximum Gasteiger partial charge on any atom is 0.416 e. The summed E-state index contributed by atoms with van der Waals surface area (Å²) in [5.41, 5.74) is 2.33. The van der Waals surface area contributed by atoms with Gasteiger partial charge in [0.05, 0.1) is 17.7 Å². The lowest BCUT2D eigenvalue weighted by molar-refractivity contribution is -0.143. The van der Waals surface area contributed by atoms with Crippen LogP contribution in [0.5, 0.6) is 0 Å². The average Bonchev–Trinajstić information content (AvgIpc) is 2.32. The van der Waals surface area contributed by atoms with Crippen molar-refractivity contribution in [2.75, 3.05) is 13.2 Å². The molecule has 1 aromatic carbocycles. The molecular formula is C12H13F6NO. The van der Waals surface area contributed by atoms with E-state index in [1.165, 1.54) is 0 Å². The Morgan fingerprint density at radius 1 is 0.900 bits per heavy atom. The zero-order chi connectivity index (χ0) is 15.4. The Hall–Kier alpha value is -1.28. The molecular weight excluding hydrogens is 288 g/mol. The minimum atomic E-state index is -4.84. The smallest absolute Gasteiger partial charge is 0.377 e. The van der Waals surface area contributed by atoms with E-state index >= 15 is 0 Å². The van der Waals surface area contributed by atoms with Gasteiger partial charge in [-0.1, -0.05) is 0 Å². The number of nitrogens with two attached hydrogens (primary N) is 1. The van der Waals surface area contributed by atoms with Crippen LogP contribution in [0.1, 0.15) is 23.1 Å². The first-order valence-corrected chi connectivity index (χ1v) is 5.71. The molecule has 0 aliphatic heterocycles. The molecule has 0 amide bonds. The van der Waals surface area contributed by atoms with E-state index in [0.29, 0.717) is 25.1 Å². The fourth-order valence-corrected chi connectivity index (χ4v) is 1.48. The van der Waals surface area contributed by atoms with Crippen molar-refractivity contribution in [3.05, 3.63) is 34.9 Å². The predicted octanol–water partition coefficient (Wildman–Crippen LogP) is 3.59. The van der Waals surface area contributed by atoms with Crippen LogP contribution >= 0.6 is 0 Å². The predicted molar refractivity (Wildman–Crippen MR) is 59.8 cm³/mol. The molecule has 0 aliphatic carbocycles. The molecule has 0 unspecified atom stereocenters. The Morgan fingerprint density at radius 3 is 1.80 bits per heavy atom. The second kappa shape index (κ2) is 6.45. The number of hydrogen-bond donors (Lipinski definition) is 1. The van der Waals surface area contributed by atoms with Crippen LogP contribution in [-0.4, -0.2) is 13.2 Å². The van der Waals surface area contributed by atoms with E-state index in [0.717, 1.165) is 0 Å². The van der Waals surface area contributed by atoms with Crippen molar-refractivity contribution in [2.45, 2.75) is 25.4 Å². The summed E-state index contributed by atoms with van der Waals surface area (Å²) in [6.45, 7) is 0.178. The first-order chi connectivity index (χ1) is 9.14. The monoisotopic (exact) mass is 301 g/mol. The number of benzene rings is 1. The lowest BCUT2D eigenvalue weighted by atomic mass is 10.1. The molecule has 1 rings (SSSR count). The highest BCUT2D eigenvalue weighted by Gasteiger charge is 2.36. The standard InChI is InChI=1S/C12H13F6NO/c13-11(14,15)9-4-8(7-20-3-1-2-19)5-10(6-9)12(16,17)18/h4-6H,1-3,7,19H2. The summed E-state index contributed by atoms with van der Waals surface area (Å²) in [6.07, 6.45) is -9.20. The normalized spacial score (nSPS) is 12.8. The zero-order valence-electron chi connectivity index (χ0n) is 10.3. The van der Waals surface area contributed by atoms with Gasteiger partial charge >= 0.3 is 12.4 Å². The zero-order valence-corrected chi connectivity index (χ0v) is 10.3. The summed E-state index contributed by atoms with van der Waals surface area (Å²) in [7, 11) is 0.